The molecule has 106 valence electrons. The maximum absolute atomic E-state index is 11.8. The second-order valence-electron chi connectivity index (χ2n) is 5.60. The summed E-state index contributed by atoms with van der Waals surface area (Å²) >= 11 is 0. The molecule has 0 aromatic rings. The molecule has 2 atom stereocenters. The van der Waals surface area contributed by atoms with E-state index in [-0.39, 0.29) is 11.9 Å². The lowest BCUT2D eigenvalue weighted by molar-refractivity contribution is -0.129. The molecular formula is C13H28N4O. The van der Waals surface area contributed by atoms with Gasteiger partial charge in [-0.1, -0.05) is 0 Å². The van der Waals surface area contributed by atoms with Crippen molar-refractivity contribution in [2.45, 2.75) is 31.3 Å². The van der Waals surface area contributed by atoms with Crippen molar-refractivity contribution in [1.82, 2.24) is 14.7 Å². The van der Waals surface area contributed by atoms with Gasteiger partial charge >= 0.3 is 0 Å². The molecular weight excluding hydrogens is 228 g/mol. The third-order valence-electron chi connectivity index (χ3n) is 3.97. The summed E-state index contributed by atoms with van der Waals surface area (Å²) in [7, 11) is 7.84. The van der Waals surface area contributed by atoms with E-state index >= 15 is 0 Å². The zero-order chi connectivity index (χ0) is 13.7. The van der Waals surface area contributed by atoms with Crippen molar-refractivity contribution in [2.24, 2.45) is 5.73 Å². The number of hydrogen-bond acceptors (Lipinski definition) is 4. The Morgan fingerprint density at radius 3 is 2.56 bits per heavy atom. The van der Waals surface area contributed by atoms with Crippen LogP contribution in [0.3, 0.4) is 0 Å². The second-order valence-corrected chi connectivity index (χ2v) is 5.60. The van der Waals surface area contributed by atoms with Gasteiger partial charge in [0.15, 0.2) is 0 Å². The standard InChI is InChI=1S/C13H28N4O/c1-15(2)13(18)8-12(9-14)17(4)10-11-6-5-7-16(11)3/h11-12H,5-10,14H2,1-4H3. The van der Waals surface area contributed by atoms with Crippen LogP contribution in [0.1, 0.15) is 19.3 Å². The van der Waals surface area contributed by atoms with Gasteiger partial charge in [0, 0.05) is 45.7 Å². The first-order valence-corrected chi connectivity index (χ1v) is 6.76. The van der Waals surface area contributed by atoms with Crippen LogP contribution < -0.4 is 5.73 Å². The quantitative estimate of drug-likeness (QED) is 0.716. The fraction of sp³-hybridized carbons (Fsp3) is 0.923. The van der Waals surface area contributed by atoms with E-state index in [4.69, 9.17) is 5.73 Å². The van der Waals surface area contributed by atoms with Gasteiger partial charge in [-0.2, -0.15) is 0 Å². The zero-order valence-corrected chi connectivity index (χ0v) is 12.2. The molecule has 0 aromatic carbocycles. The van der Waals surface area contributed by atoms with Gasteiger partial charge in [0.2, 0.25) is 5.91 Å². The minimum absolute atomic E-state index is 0.147. The number of nitrogens with two attached hydrogens (primary N) is 1. The van der Waals surface area contributed by atoms with Gasteiger partial charge in [0.25, 0.3) is 0 Å². The van der Waals surface area contributed by atoms with Gasteiger partial charge in [-0.3, -0.25) is 4.79 Å². The van der Waals surface area contributed by atoms with Gasteiger partial charge in [-0.15, -0.1) is 0 Å². The SMILES string of the molecule is CN(C)C(=O)CC(CN)N(C)CC1CCCN1C. The van der Waals surface area contributed by atoms with Crippen LogP contribution in [0.2, 0.25) is 0 Å². The number of carbonyl (C=O) groups excluding carboxylic acids is 1. The maximum atomic E-state index is 11.8. The highest BCUT2D eigenvalue weighted by Gasteiger charge is 2.25. The summed E-state index contributed by atoms with van der Waals surface area (Å²) in [5.74, 6) is 0.150. The molecule has 0 aromatic heterocycles. The Labute approximate surface area is 111 Å². The molecule has 1 saturated heterocycles. The number of likely N-dealkylation sites (N-methyl/N-ethyl adjacent to an activating group) is 2. The molecule has 0 spiro atoms. The summed E-state index contributed by atoms with van der Waals surface area (Å²) < 4.78 is 0. The lowest BCUT2D eigenvalue weighted by atomic mass is 10.1. The molecule has 18 heavy (non-hydrogen) atoms. The molecule has 0 bridgehead atoms. The Kier molecular flexibility index (Phi) is 6.05. The van der Waals surface area contributed by atoms with Crippen molar-refractivity contribution in [2.75, 3.05) is 47.8 Å². The third kappa shape index (κ3) is 4.23. The molecule has 2 N–H and O–H groups in total. The van der Waals surface area contributed by atoms with Crippen LogP contribution in [-0.2, 0) is 4.79 Å². The summed E-state index contributed by atoms with van der Waals surface area (Å²) in [4.78, 5) is 18.0. The third-order valence-corrected chi connectivity index (χ3v) is 3.97. The number of hydrogen-bond donors (Lipinski definition) is 1. The van der Waals surface area contributed by atoms with E-state index in [9.17, 15) is 4.79 Å². The first kappa shape index (κ1) is 15.4. The number of carbonyl (C=O) groups is 1. The van der Waals surface area contributed by atoms with E-state index in [1.807, 2.05) is 0 Å². The van der Waals surface area contributed by atoms with E-state index in [0.29, 0.717) is 19.0 Å². The number of nitrogens with zero attached hydrogens (tertiary/aromatic N) is 3. The molecule has 5 nitrogen and oxygen atoms in total. The number of likely N-dealkylation sites (tertiary alicyclic amines) is 1. The van der Waals surface area contributed by atoms with Crippen molar-refractivity contribution < 1.29 is 4.79 Å². The molecule has 1 fully saturated rings. The van der Waals surface area contributed by atoms with Gasteiger partial charge in [0.1, 0.15) is 0 Å². The van der Waals surface area contributed by atoms with Gasteiger partial charge in [0.05, 0.1) is 0 Å². The predicted octanol–water partition coefficient (Wildman–Crippen LogP) is -0.182. The lowest BCUT2D eigenvalue weighted by Crippen LogP contribution is -2.46. The van der Waals surface area contributed by atoms with Gasteiger partial charge in [-0.25, -0.2) is 0 Å². The summed E-state index contributed by atoms with van der Waals surface area (Å²) in [6, 6.07) is 0.757. The second kappa shape index (κ2) is 7.07. The Balaban J connectivity index is 2.46. The average molecular weight is 256 g/mol. The molecule has 1 aliphatic rings. The zero-order valence-electron chi connectivity index (χ0n) is 12.2. The summed E-state index contributed by atoms with van der Waals surface area (Å²) in [5, 5.41) is 0. The van der Waals surface area contributed by atoms with Crippen molar-refractivity contribution in [3.05, 3.63) is 0 Å². The maximum Gasteiger partial charge on any atom is 0.223 e. The minimum Gasteiger partial charge on any atom is -0.349 e. The number of rotatable bonds is 6. The van der Waals surface area contributed by atoms with Crippen LogP contribution in [0.15, 0.2) is 0 Å². The molecule has 5 heteroatoms. The van der Waals surface area contributed by atoms with Crippen molar-refractivity contribution >= 4 is 5.91 Å². The van der Waals surface area contributed by atoms with Crippen LogP contribution in [0.4, 0.5) is 0 Å². The molecule has 1 rings (SSSR count). The fourth-order valence-corrected chi connectivity index (χ4v) is 2.49. The van der Waals surface area contributed by atoms with E-state index in [1.54, 1.807) is 19.0 Å². The first-order chi connectivity index (χ1) is 8.45. The lowest BCUT2D eigenvalue weighted by Gasteiger charge is -2.31. The summed E-state index contributed by atoms with van der Waals surface area (Å²) in [6.07, 6.45) is 3.04. The molecule has 0 radical (unpaired) electrons. The summed E-state index contributed by atoms with van der Waals surface area (Å²) in [6.45, 7) is 2.72. The highest BCUT2D eigenvalue weighted by Crippen LogP contribution is 2.16. The van der Waals surface area contributed by atoms with E-state index < -0.39 is 0 Å². The van der Waals surface area contributed by atoms with Gasteiger partial charge in [-0.05, 0) is 33.5 Å². The monoisotopic (exact) mass is 256 g/mol. The van der Waals surface area contributed by atoms with Crippen LogP contribution in [-0.4, -0.2) is 80.5 Å². The topological polar surface area (TPSA) is 52.8 Å². The molecule has 1 amide bonds. The molecule has 2 unspecified atom stereocenters. The highest BCUT2D eigenvalue weighted by atomic mass is 16.2. The average Bonchev–Trinajstić information content (AvgIpc) is 2.71. The Bertz CT molecular complexity index is 270. The Morgan fingerprint density at radius 2 is 2.11 bits per heavy atom. The van der Waals surface area contributed by atoms with Crippen LogP contribution >= 0.6 is 0 Å². The van der Waals surface area contributed by atoms with Crippen molar-refractivity contribution in [1.29, 1.82) is 0 Å². The highest BCUT2D eigenvalue weighted by molar-refractivity contribution is 5.76. The molecule has 0 aliphatic carbocycles. The molecule has 1 heterocycles. The first-order valence-electron chi connectivity index (χ1n) is 6.76. The molecule has 0 saturated carbocycles. The smallest absolute Gasteiger partial charge is 0.223 e. The van der Waals surface area contributed by atoms with Crippen molar-refractivity contribution in [3.8, 4) is 0 Å². The minimum atomic E-state index is 0.147. The van der Waals surface area contributed by atoms with Crippen LogP contribution in [0.5, 0.6) is 0 Å². The fourth-order valence-electron chi connectivity index (χ4n) is 2.49. The van der Waals surface area contributed by atoms with E-state index in [2.05, 4.69) is 23.9 Å². The summed E-state index contributed by atoms with van der Waals surface area (Å²) in [5.41, 5.74) is 5.81. The van der Waals surface area contributed by atoms with Crippen LogP contribution in [0, 0.1) is 0 Å². The van der Waals surface area contributed by atoms with E-state index in [1.165, 1.54) is 19.4 Å². The Morgan fingerprint density at radius 1 is 1.44 bits per heavy atom. The largest absolute Gasteiger partial charge is 0.349 e. The number of amides is 1. The Hall–Kier alpha value is -0.650. The van der Waals surface area contributed by atoms with Gasteiger partial charge < -0.3 is 20.4 Å². The van der Waals surface area contributed by atoms with E-state index in [0.717, 1.165) is 6.54 Å². The molecule has 1 aliphatic heterocycles. The van der Waals surface area contributed by atoms with Crippen molar-refractivity contribution in [3.63, 3.8) is 0 Å². The normalized spacial score (nSPS) is 22.4. The predicted molar refractivity (Wildman–Crippen MR) is 74.4 cm³/mol. The van der Waals surface area contributed by atoms with Crippen LogP contribution in [0.25, 0.3) is 0 Å².